The number of aromatic nitrogens is 1. The summed E-state index contributed by atoms with van der Waals surface area (Å²) in [5.74, 6) is -0.936. The molecule has 2 N–H and O–H groups in total. The minimum Gasteiger partial charge on any atom is -0.454 e. The van der Waals surface area contributed by atoms with Crippen molar-refractivity contribution in [1.29, 1.82) is 0 Å². The first-order chi connectivity index (χ1) is 9.16. The van der Waals surface area contributed by atoms with Crippen LogP contribution >= 0.6 is 0 Å². The Hall–Kier alpha value is -2.69. The number of nitrogen functional groups attached to an aromatic ring is 1. The van der Waals surface area contributed by atoms with Crippen LogP contribution in [0.2, 0.25) is 0 Å². The molecule has 1 aromatic carbocycles. The SMILES string of the molecule is Nc1cccc(C(=O)OCC(=O)c2ccccn2)c1. The fourth-order valence-electron chi connectivity index (χ4n) is 1.48. The average molecular weight is 256 g/mol. The second kappa shape index (κ2) is 5.77. The number of pyridine rings is 1. The zero-order valence-electron chi connectivity index (χ0n) is 10.1. The predicted molar refractivity (Wildman–Crippen MR) is 69.7 cm³/mol. The zero-order chi connectivity index (χ0) is 13.7. The van der Waals surface area contributed by atoms with Crippen molar-refractivity contribution < 1.29 is 14.3 Å². The molecule has 0 aliphatic rings. The smallest absolute Gasteiger partial charge is 0.338 e. The van der Waals surface area contributed by atoms with Crippen LogP contribution in [0.5, 0.6) is 0 Å². The number of hydrogen-bond donors (Lipinski definition) is 1. The number of anilines is 1. The summed E-state index contributed by atoms with van der Waals surface area (Å²) in [6.45, 7) is -0.343. The maximum atomic E-state index is 11.7. The summed E-state index contributed by atoms with van der Waals surface area (Å²) < 4.78 is 4.92. The van der Waals surface area contributed by atoms with Gasteiger partial charge in [-0.2, -0.15) is 0 Å². The Morgan fingerprint density at radius 1 is 1.16 bits per heavy atom. The van der Waals surface area contributed by atoms with Crippen LogP contribution in [0.3, 0.4) is 0 Å². The predicted octanol–water partition coefficient (Wildman–Crippen LogP) is 1.70. The van der Waals surface area contributed by atoms with Gasteiger partial charge in [0.15, 0.2) is 6.61 Å². The quantitative estimate of drug-likeness (QED) is 0.511. The molecule has 2 rings (SSSR count). The van der Waals surface area contributed by atoms with Crippen LogP contribution in [-0.2, 0) is 4.74 Å². The summed E-state index contributed by atoms with van der Waals surface area (Å²) in [6, 6.07) is 11.3. The van der Waals surface area contributed by atoms with Crippen LogP contribution < -0.4 is 5.73 Å². The van der Waals surface area contributed by atoms with E-state index in [1.54, 1.807) is 36.4 Å². The fourth-order valence-corrected chi connectivity index (χ4v) is 1.48. The number of ether oxygens (including phenoxy) is 1. The number of rotatable bonds is 4. The van der Waals surface area contributed by atoms with Crippen molar-refractivity contribution >= 4 is 17.4 Å². The summed E-state index contributed by atoms with van der Waals surface area (Å²) in [6.07, 6.45) is 1.51. The molecule has 0 aliphatic carbocycles. The van der Waals surface area contributed by atoms with Gasteiger partial charge in [0, 0.05) is 11.9 Å². The van der Waals surface area contributed by atoms with E-state index >= 15 is 0 Å². The van der Waals surface area contributed by atoms with Crippen LogP contribution in [0.15, 0.2) is 48.7 Å². The molecule has 0 saturated heterocycles. The van der Waals surface area contributed by atoms with Crippen molar-refractivity contribution in [3.05, 3.63) is 59.9 Å². The average Bonchev–Trinajstić information content (AvgIpc) is 2.45. The monoisotopic (exact) mass is 256 g/mol. The number of nitrogens with two attached hydrogens (primary N) is 1. The zero-order valence-corrected chi connectivity index (χ0v) is 10.1. The summed E-state index contributed by atoms with van der Waals surface area (Å²) in [5, 5.41) is 0. The minimum atomic E-state index is -0.586. The summed E-state index contributed by atoms with van der Waals surface area (Å²) in [5.41, 5.74) is 6.60. The number of nitrogens with zero attached hydrogens (tertiary/aromatic N) is 1. The Balaban J connectivity index is 1.96. The van der Waals surface area contributed by atoms with Crippen LogP contribution in [-0.4, -0.2) is 23.3 Å². The molecule has 0 fully saturated rings. The first kappa shape index (κ1) is 12.8. The minimum absolute atomic E-state index is 0.267. The summed E-state index contributed by atoms with van der Waals surface area (Å²) >= 11 is 0. The molecule has 1 heterocycles. The van der Waals surface area contributed by atoms with Gasteiger partial charge in [-0.15, -0.1) is 0 Å². The maximum absolute atomic E-state index is 11.7. The van der Waals surface area contributed by atoms with Crippen molar-refractivity contribution in [2.45, 2.75) is 0 Å². The molecule has 0 saturated carbocycles. The molecule has 5 heteroatoms. The van der Waals surface area contributed by atoms with Gasteiger partial charge in [-0.25, -0.2) is 4.79 Å². The molecule has 0 radical (unpaired) electrons. The summed E-state index contributed by atoms with van der Waals surface area (Å²) in [7, 11) is 0. The second-order valence-electron chi connectivity index (χ2n) is 3.84. The Kier molecular flexibility index (Phi) is 3.87. The van der Waals surface area contributed by atoms with E-state index in [0.29, 0.717) is 11.3 Å². The molecule has 0 atom stereocenters. The lowest BCUT2D eigenvalue weighted by Gasteiger charge is -2.04. The van der Waals surface area contributed by atoms with Gasteiger partial charge in [0.05, 0.1) is 5.56 Å². The second-order valence-corrected chi connectivity index (χ2v) is 3.84. The van der Waals surface area contributed by atoms with Gasteiger partial charge >= 0.3 is 5.97 Å². The lowest BCUT2D eigenvalue weighted by molar-refractivity contribution is 0.0473. The number of esters is 1. The molecule has 0 aliphatic heterocycles. The number of carbonyl (C=O) groups excluding carboxylic acids is 2. The third-order valence-corrected chi connectivity index (χ3v) is 2.41. The highest BCUT2D eigenvalue weighted by Gasteiger charge is 2.12. The van der Waals surface area contributed by atoms with Gasteiger partial charge in [-0.1, -0.05) is 12.1 Å². The Morgan fingerprint density at radius 3 is 2.68 bits per heavy atom. The Labute approximate surface area is 110 Å². The van der Waals surface area contributed by atoms with Gasteiger partial charge in [-0.3, -0.25) is 9.78 Å². The van der Waals surface area contributed by atoms with E-state index in [2.05, 4.69) is 4.98 Å². The fraction of sp³-hybridized carbons (Fsp3) is 0.0714. The van der Waals surface area contributed by atoms with Crippen molar-refractivity contribution in [3.8, 4) is 0 Å². The van der Waals surface area contributed by atoms with E-state index in [1.165, 1.54) is 12.3 Å². The molecular weight excluding hydrogens is 244 g/mol. The standard InChI is InChI=1S/C14H12N2O3/c15-11-5-3-4-10(8-11)14(18)19-9-13(17)12-6-1-2-7-16-12/h1-8H,9,15H2. The Bertz CT molecular complexity index is 597. The maximum Gasteiger partial charge on any atom is 0.338 e. The number of carbonyl (C=O) groups is 2. The molecule has 0 unspecified atom stereocenters. The van der Waals surface area contributed by atoms with Crippen molar-refractivity contribution in [1.82, 2.24) is 4.98 Å². The number of hydrogen-bond acceptors (Lipinski definition) is 5. The van der Waals surface area contributed by atoms with E-state index in [-0.39, 0.29) is 18.1 Å². The van der Waals surface area contributed by atoms with Gasteiger partial charge in [0.2, 0.25) is 5.78 Å². The first-order valence-corrected chi connectivity index (χ1v) is 5.64. The molecule has 96 valence electrons. The molecule has 0 amide bonds. The van der Waals surface area contributed by atoms with Gasteiger partial charge < -0.3 is 10.5 Å². The van der Waals surface area contributed by atoms with Gasteiger partial charge in [0.1, 0.15) is 5.69 Å². The largest absolute Gasteiger partial charge is 0.454 e. The van der Waals surface area contributed by atoms with Crippen LogP contribution in [0.1, 0.15) is 20.8 Å². The van der Waals surface area contributed by atoms with Crippen LogP contribution in [0.25, 0.3) is 0 Å². The van der Waals surface area contributed by atoms with Gasteiger partial charge in [-0.05, 0) is 30.3 Å². The van der Waals surface area contributed by atoms with E-state index < -0.39 is 5.97 Å². The van der Waals surface area contributed by atoms with Gasteiger partial charge in [0.25, 0.3) is 0 Å². The number of Topliss-reactive ketones (excluding diaryl/α,β-unsaturated/α-hetero) is 1. The highest BCUT2D eigenvalue weighted by Crippen LogP contribution is 2.08. The molecule has 19 heavy (non-hydrogen) atoms. The molecular formula is C14H12N2O3. The third kappa shape index (κ3) is 3.38. The van der Waals surface area contributed by atoms with Crippen LogP contribution in [0, 0.1) is 0 Å². The lowest BCUT2D eigenvalue weighted by atomic mass is 10.2. The van der Waals surface area contributed by atoms with Crippen molar-refractivity contribution in [3.63, 3.8) is 0 Å². The third-order valence-electron chi connectivity index (χ3n) is 2.41. The van der Waals surface area contributed by atoms with E-state index in [0.717, 1.165) is 0 Å². The van der Waals surface area contributed by atoms with Crippen molar-refractivity contribution in [2.75, 3.05) is 12.3 Å². The normalized spacial score (nSPS) is 9.89. The topological polar surface area (TPSA) is 82.3 Å². The van der Waals surface area contributed by atoms with E-state index in [9.17, 15) is 9.59 Å². The Morgan fingerprint density at radius 2 is 2.00 bits per heavy atom. The van der Waals surface area contributed by atoms with E-state index in [1.807, 2.05) is 0 Å². The number of benzene rings is 1. The molecule has 2 aromatic rings. The molecule has 1 aromatic heterocycles. The highest BCUT2D eigenvalue weighted by molar-refractivity contribution is 5.98. The first-order valence-electron chi connectivity index (χ1n) is 5.64. The highest BCUT2D eigenvalue weighted by atomic mass is 16.5. The van der Waals surface area contributed by atoms with Crippen LogP contribution in [0.4, 0.5) is 5.69 Å². The number of ketones is 1. The molecule has 5 nitrogen and oxygen atoms in total. The molecule has 0 bridgehead atoms. The molecule has 0 spiro atoms. The van der Waals surface area contributed by atoms with Crippen molar-refractivity contribution in [2.24, 2.45) is 0 Å². The van der Waals surface area contributed by atoms with E-state index in [4.69, 9.17) is 10.5 Å². The summed E-state index contributed by atoms with van der Waals surface area (Å²) in [4.78, 5) is 27.2. The lowest BCUT2D eigenvalue weighted by Crippen LogP contribution is -2.15.